The summed E-state index contributed by atoms with van der Waals surface area (Å²) in [7, 11) is 0. The molecule has 0 spiro atoms. The van der Waals surface area contributed by atoms with Crippen LogP contribution < -0.4 is 5.73 Å². The van der Waals surface area contributed by atoms with Crippen molar-refractivity contribution >= 4 is 17.5 Å². The number of aromatic nitrogens is 3. The molecule has 2 aromatic rings. The molecule has 4 aliphatic rings. The third-order valence-corrected chi connectivity index (χ3v) is 7.08. The minimum atomic E-state index is -1.58. The van der Waals surface area contributed by atoms with Gasteiger partial charge in [-0.3, -0.25) is 0 Å². The molecule has 2 N–H and O–H groups in total. The van der Waals surface area contributed by atoms with Crippen LogP contribution in [0.1, 0.15) is 44.9 Å². The van der Waals surface area contributed by atoms with Crippen LogP contribution in [0.2, 0.25) is 0 Å². The molecule has 0 amide bonds. The molecule has 11 nitrogen and oxygen atoms in total. The molecule has 2 aliphatic carbocycles. The van der Waals surface area contributed by atoms with Crippen LogP contribution in [0, 0.1) is 23.2 Å². The van der Waals surface area contributed by atoms with Crippen LogP contribution in [-0.4, -0.2) is 57.1 Å². The topological polar surface area (TPSA) is 143 Å². The number of hydrogen-bond acceptors (Lipinski definition) is 10. The van der Waals surface area contributed by atoms with Gasteiger partial charge in [-0.1, -0.05) is 0 Å². The van der Waals surface area contributed by atoms with E-state index >= 15 is 0 Å². The Kier molecular flexibility index (Phi) is 4.40. The lowest BCUT2D eigenvalue weighted by molar-refractivity contribution is -0.206. The second-order valence-electron chi connectivity index (χ2n) is 9.77. The highest BCUT2D eigenvalue weighted by atomic mass is 16.8. The Labute approximate surface area is 189 Å². The number of carbonyl (C=O) groups is 1. The normalized spacial score (nSPS) is 38.0. The van der Waals surface area contributed by atoms with E-state index in [4.69, 9.17) is 29.4 Å². The van der Waals surface area contributed by atoms with E-state index in [1.54, 1.807) is 30.5 Å². The lowest BCUT2D eigenvalue weighted by atomic mass is 9.96. The summed E-state index contributed by atoms with van der Waals surface area (Å²) in [5.41, 5.74) is 5.62. The Balaban J connectivity index is 1.25. The van der Waals surface area contributed by atoms with Gasteiger partial charge in [0.25, 0.3) is 0 Å². The zero-order chi connectivity index (χ0) is 23.0. The van der Waals surface area contributed by atoms with E-state index in [1.165, 1.54) is 12.7 Å². The number of nitrogens with two attached hydrogens (primary N) is 1. The third-order valence-electron chi connectivity index (χ3n) is 7.08. The van der Waals surface area contributed by atoms with Gasteiger partial charge < -0.3 is 29.4 Å². The predicted octanol–water partition coefficient (Wildman–Crippen LogP) is 2.12. The molecule has 1 unspecified atom stereocenters. The fourth-order valence-corrected chi connectivity index (χ4v) is 5.48. The first-order valence-electron chi connectivity index (χ1n) is 11.1. The summed E-state index contributed by atoms with van der Waals surface area (Å²) < 4.78 is 30.8. The van der Waals surface area contributed by atoms with Crippen molar-refractivity contribution in [1.29, 1.82) is 5.26 Å². The zero-order valence-corrected chi connectivity index (χ0v) is 18.3. The van der Waals surface area contributed by atoms with Gasteiger partial charge in [0.1, 0.15) is 48.9 Å². The van der Waals surface area contributed by atoms with Crippen molar-refractivity contribution in [2.75, 3.05) is 12.3 Å². The van der Waals surface area contributed by atoms with E-state index in [9.17, 15) is 10.1 Å². The average molecular weight is 455 g/mol. The monoisotopic (exact) mass is 455 g/mol. The van der Waals surface area contributed by atoms with Crippen molar-refractivity contribution in [2.45, 2.75) is 68.9 Å². The van der Waals surface area contributed by atoms with Crippen LogP contribution >= 0.6 is 0 Å². The summed E-state index contributed by atoms with van der Waals surface area (Å²) in [5, 5.41) is 14.4. The predicted molar refractivity (Wildman–Crippen MR) is 110 cm³/mol. The smallest absolute Gasteiger partial charge is 0.431 e. The maximum Gasteiger partial charge on any atom is 0.508 e. The van der Waals surface area contributed by atoms with Crippen molar-refractivity contribution in [2.24, 2.45) is 11.8 Å². The van der Waals surface area contributed by atoms with Crippen LogP contribution in [0.15, 0.2) is 18.5 Å². The second-order valence-corrected chi connectivity index (χ2v) is 9.77. The molecule has 11 heteroatoms. The molecule has 0 bridgehead atoms. The Morgan fingerprint density at radius 2 is 2.06 bits per heavy atom. The lowest BCUT2D eigenvalue weighted by Crippen LogP contribution is -2.46. The van der Waals surface area contributed by atoms with Crippen LogP contribution in [0.5, 0.6) is 0 Å². The van der Waals surface area contributed by atoms with E-state index < -0.39 is 35.9 Å². The van der Waals surface area contributed by atoms with E-state index in [-0.39, 0.29) is 12.7 Å². The molecule has 0 aromatic carbocycles. The van der Waals surface area contributed by atoms with Gasteiger partial charge in [-0.2, -0.15) is 10.4 Å². The molecule has 7 atom stereocenters. The van der Waals surface area contributed by atoms with Gasteiger partial charge in [-0.25, -0.2) is 14.3 Å². The highest BCUT2D eigenvalue weighted by Crippen LogP contribution is 2.53. The molecular formula is C22H25N5O6. The SMILES string of the molecule is CC1(C)O[C@H]2[C@H](c3ccc4c(N)ncnn34)O[C@](C#N)(COC(=O)OC3C[C@@H]4C[C@@H]4C3)[C@H]2O1. The minimum absolute atomic E-state index is 0.119. The average Bonchev–Trinajstić information content (AvgIpc) is 3.12. The number of carbonyl (C=O) groups excluding carboxylic acids is 1. The van der Waals surface area contributed by atoms with Gasteiger partial charge >= 0.3 is 6.16 Å². The Morgan fingerprint density at radius 3 is 2.82 bits per heavy atom. The van der Waals surface area contributed by atoms with Crippen LogP contribution in [-0.2, 0) is 23.7 Å². The Bertz CT molecular complexity index is 1150. The first-order valence-corrected chi connectivity index (χ1v) is 11.1. The van der Waals surface area contributed by atoms with Crippen LogP contribution in [0.4, 0.5) is 10.6 Å². The maximum absolute atomic E-state index is 12.4. The van der Waals surface area contributed by atoms with Gasteiger partial charge in [0.2, 0.25) is 5.60 Å². The first kappa shape index (κ1) is 20.7. The fourth-order valence-electron chi connectivity index (χ4n) is 5.48. The zero-order valence-electron chi connectivity index (χ0n) is 18.3. The molecule has 4 fully saturated rings. The molecule has 2 saturated carbocycles. The van der Waals surface area contributed by atoms with Gasteiger partial charge in [-0.05, 0) is 57.1 Å². The quantitative estimate of drug-likeness (QED) is 0.681. The highest BCUT2D eigenvalue weighted by Gasteiger charge is 2.65. The van der Waals surface area contributed by atoms with Crippen LogP contribution in [0.3, 0.4) is 0 Å². The largest absolute Gasteiger partial charge is 0.508 e. The summed E-state index contributed by atoms with van der Waals surface area (Å²) >= 11 is 0. The molecule has 2 saturated heterocycles. The molecule has 0 radical (unpaired) electrons. The van der Waals surface area contributed by atoms with Crippen LogP contribution in [0.25, 0.3) is 5.52 Å². The number of nitrogen functional groups attached to an aromatic ring is 1. The van der Waals surface area contributed by atoms with Crippen molar-refractivity contribution in [3.63, 3.8) is 0 Å². The van der Waals surface area contributed by atoms with E-state index in [2.05, 4.69) is 16.2 Å². The molecule has 33 heavy (non-hydrogen) atoms. The van der Waals surface area contributed by atoms with E-state index in [0.717, 1.165) is 12.8 Å². The number of nitrogens with zero attached hydrogens (tertiary/aromatic N) is 4. The number of ether oxygens (including phenoxy) is 5. The number of nitriles is 1. The molecule has 4 heterocycles. The standard InChI is InChI=1S/C22H25N5O6/c1-21(2)31-17-16(14-3-4-15-19(24)25-10-26-27(14)15)32-22(8-23,18(17)33-21)9-29-20(28)30-13-6-11-5-12(11)7-13/h3-4,10-13,16-18H,5-7,9H2,1-2H3,(H2,24,25,26)/t11-,12+,13?,16-,17-,18-,22+/m0/s1. The van der Waals surface area contributed by atoms with E-state index in [0.29, 0.717) is 28.9 Å². The first-order chi connectivity index (χ1) is 15.8. The summed E-state index contributed by atoms with van der Waals surface area (Å²) in [6, 6.07) is 5.75. The summed E-state index contributed by atoms with van der Waals surface area (Å²) in [5.74, 6) is 0.714. The van der Waals surface area contributed by atoms with Gasteiger partial charge in [0.15, 0.2) is 11.6 Å². The highest BCUT2D eigenvalue weighted by molar-refractivity contribution is 5.65. The Hall–Kier alpha value is -2.94. The molecular weight excluding hydrogens is 430 g/mol. The molecule has 2 aromatic heterocycles. The fraction of sp³-hybridized carbons (Fsp3) is 0.636. The number of fused-ring (bicyclic) bond motifs is 3. The minimum Gasteiger partial charge on any atom is -0.431 e. The molecule has 174 valence electrons. The number of hydrogen-bond donors (Lipinski definition) is 1. The van der Waals surface area contributed by atoms with Gasteiger partial charge in [0.05, 0.1) is 5.69 Å². The lowest BCUT2D eigenvalue weighted by Gasteiger charge is -2.28. The van der Waals surface area contributed by atoms with Crippen molar-refractivity contribution in [3.8, 4) is 6.07 Å². The molecule has 2 aliphatic heterocycles. The maximum atomic E-state index is 12.4. The van der Waals surface area contributed by atoms with Gasteiger partial charge in [0, 0.05) is 0 Å². The van der Waals surface area contributed by atoms with E-state index in [1.807, 2.05) is 0 Å². The van der Waals surface area contributed by atoms with Crippen molar-refractivity contribution in [1.82, 2.24) is 14.6 Å². The number of rotatable bonds is 4. The number of anilines is 1. The van der Waals surface area contributed by atoms with Gasteiger partial charge in [-0.15, -0.1) is 0 Å². The third kappa shape index (κ3) is 3.32. The summed E-state index contributed by atoms with van der Waals surface area (Å²) in [6.07, 6.45) is 1.27. The second kappa shape index (κ2) is 7.03. The summed E-state index contributed by atoms with van der Waals surface area (Å²) in [4.78, 5) is 16.4. The summed E-state index contributed by atoms with van der Waals surface area (Å²) in [6.45, 7) is 3.18. The molecule has 6 rings (SSSR count). The van der Waals surface area contributed by atoms with Crippen molar-refractivity contribution < 1.29 is 28.5 Å². The Morgan fingerprint density at radius 1 is 1.27 bits per heavy atom. The van der Waals surface area contributed by atoms with Crippen molar-refractivity contribution in [3.05, 3.63) is 24.2 Å².